The van der Waals surface area contributed by atoms with Crippen LogP contribution in [0.15, 0.2) is 69.1 Å². The number of nitriles is 1. The molecule has 190 valence electrons. The van der Waals surface area contributed by atoms with Gasteiger partial charge >= 0.3 is 0 Å². The number of carbonyl (C=O) groups is 2. The molecule has 0 heterocycles. The summed E-state index contributed by atoms with van der Waals surface area (Å²) in [6.07, 6.45) is 1.44. The van der Waals surface area contributed by atoms with Gasteiger partial charge in [0.2, 0.25) is 0 Å². The van der Waals surface area contributed by atoms with Crippen LogP contribution in [0.2, 0.25) is 10.0 Å². The maximum Gasteiger partial charge on any atom is 0.266 e. The Bertz CT molecular complexity index is 1370. The topological polar surface area (TPSA) is 100 Å². The average Bonchev–Trinajstić information content (AvgIpc) is 2.85. The van der Waals surface area contributed by atoms with Gasteiger partial charge in [-0.15, -0.1) is 0 Å². The van der Waals surface area contributed by atoms with Crippen molar-refractivity contribution in [3.63, 3.8) is 0 Å². The molecule has 0 atom stereocenters. The van der Waals surface area contributed by atoms with Crippen LogP contribution in [0.25, 0.3) is 6.08 Å². The fourth-order valence-electron chi connectivity index (χ4n) is 3.02. The van der Waals surface area contributed by atoms with Crippen LogP contribution in [0.4, 0.5) is 11.4 Å². The summed E-state index contributed by atoms with van der Waals surface area (Å²) in [6.45, 7) is 2.14. The monoisotopic (exact) mass is 665 g/mol. The molecule has 0 aliphatic rings. The van der Waals surface area contributed by atoms with E-state index in [2.05, 4.69) is 42.5 Å². The van der Waals surface area contributed by atoms with Gasteiger partial charge in [-0.2, -0.15) is 5.26 Å². The lowest BCUT2D eigenvalue weighted by Gasteiger charge is -2.12. The summed E-state index contributed by atoms with van der Waals surface area (Å²) < 4.78 is 12.1. The number of benzene rings is 3. The molecule has 2 N–H and O–H groups in total. The quantitative estimate of drug-likeness (QED) is 0.182. The molecule has 0 saturated heterocycles. The first-order chi connectivity index (χ1) is 17.7. The number of anilines is 2. The van der Waals surface area contributed by atoms with E-state index < -0.39 is 11.8 Å². The highest BCUT2D eigenvalue weighted by atomic mass is 79.9. The third-order valence-electron chi connectivity index (χ3n) is 4.67. The smallest absolute Gasteiger partial charge is 0.266 e. The Labute approximate surface area is 240 Å². The van der Waals surface area contributed by atoms with Crippen molar-refractivity contribution < 1.29 is 19.1 Å². The van der Waals surface area contributed by atoms with Gasteiger partial charge in [-0.3, -0.25) is 9.59 Å². The Balaban J connectivity index is 1.66. The van der Waals surface area contributed by atoms with Crippen molar-refractivity contribution in [3.8, 4) is 17.6 Å². The van der Waals surface area contributed by atoms with Gasteiger partial charge < -0.3 is 20.1 Å². The van der Waals surface area contributed by atoms with E-state index in [1.54, 1.807) is 48.5 Å². The molecule has 0 spiro atoms. The fourth-order valence-corrected chi connectivity index (χ4v) is 4.77. The minimum atomic E-state index is -0.557. The number of hydrogen-bond donors (Lipinski definition) is 2. The number of nitrogens with zero attached hydrogens (tertiary/aromatic N) is 1. The van der Waals surface area contributed by atoms with Crippen LogP contribution in [0.3, 0.4) is 0 Å². The summed E-state index contributed by atoms with van der Waals surface area (Å²) in [7, 11) is 0. The third-order valence-corrected chi connectivity index (χ3v) is 6.59. The standard InChI is InChI=1S/C26H19Br2Cl2N3O4/c1-2-36-19-6-3-17(4-7-19)33-26(35)16(13-31)9-15-10-20(27)25(21(28)11-15)37-14-24(34)32-18-5-8-22(29)23(30)12-18/h3-12H,2,14H2,1H3,(H,32,34)(H,33,35)/b16-9+. The van der Waals surface area contributed by atoms with Crippen LogP contribution in [-0.4, -0.2) is 25.0 Å². The van der Waals surface area contributed by atoms with E-state index in [-0.39, 0.29) is 12.2 Å². The Morgan fingerprint density at radius 2 is 1.59 bits per heavy atom. The zero-order chi connectivity index (χ0) is 26.9. The second-order valence-corrected chi connectivity index (χ2v) is 9.88. The first-order valence-corrected chi connectivity index (χ1v) is 13.1. The lowest BCUT2D eigenvalue weighted by molar-refractivity contribution is -0.118. The molecule has 0 unspecified atom stereocenters. The molecular formula is C26H19Br2Cl2N3O4. The van der Waals surface area contributed by atoms with Gasteiger partial charge in [-0.05, 0) is 105 Å². The summed E-state index contributed by atoms with van der Waals surface area (Å²) in [4.78, 5) is 24.9. The zero-order valence-corrected chi connectivity index (χ0v) is 24.0. The molecule has 3 rings (SSSR count). The minimum Gasteiger partial charge on any atom is -0.494 e. The summed E-state index contributed by atoms with van der Waals surface area (Å²) >= 11 is 18.7. The molecule has 3 aromatic carbocycles. The highest BCUT2D eigenvalue weighted by molar-refractivity contribution is 9.11. The molecular weight excluding hydrogens is 649 g/mol. The van der Waals surface area contributed by atoms with Gasteiger partial charge in [-0.1, -0.05) is 23.2 Å². The highest BCUT2D eigenvalue weighted by Gasteiger charge is 2.14. The van der Waals surface area contributed by atoms with Crippen molar-refractivity contribution >= 4 is 84.3 Å². The summed E-state index contributed by atoms with van der Waals surface area (Å²) in [5.74, 6) is 0.0938. The van der Waals surface area contributed by atoms with Gasteiger partial charge in [0.1, 0.15) is 23.1 Å². The van der Waals surface area contributed by atoms with E-state index in [9.17, 15) is 14.9 Å². The Morgan fingerprint density at radius 3 is 2.19 bits per heavy atom. The number of ether oxygens (including phenoxy) is 2. The van der Waals surface area contributed by atoms with Gasteiger partial charge in [0, 0.05) is 11.4 Å². The Hall–Kier alpha value is -3.03. The molecule has 0 radical (unpaired) electrons. The lowest BCUT2D eigenvalue weighted by Crippen LogP contribution is -2.20. The molecule has 11 heteroatoms. The van der Waals surface area contributed by atoms with Crippen molar-refractivity contribution in [3.05, 3.63) is 84.7 Å². The van der Waals surface area contributed by atoms with E-state index in [1.807, 2.05) is 13.0 Å². The van der Waals surface area contributed by atoms with Crippen molar-refractivity contribution in [2.24, 2.45) is 0 Å². The number of halogens is 4. The second kappa shape index (κ2) is 13.5. The largest absolute Gasteiger partial charge is 0.494 e. The number of rotatable bonds is 9. The van der Waals surface area contributed by atoms with E-state index in [0.29, 0.717) is 54.0 Å². The zero-order valence-electron chi connectivity index (χ0n) is 19.3. The highest BCUT2D eigenvalue weighted by Crippen LogP contribution is 2.35. The van der Waals surface area contributed by atoms with Crippen molar-refractivity contribution in [2.45, 2.75) is 6.92 Å². The minimum absolute atomic E-state index is 0.0950. The predicted molar refractivity (Wildman–Crippen MR) is 152 cm³/mol. The molecule has 0 aliphatic carbocycles. The fraction of sp³-hybridized carbons (Fsp3) is 0.115. The van der Waals surface area contributed by atoms with E-state index >= 15 is 0 Å². The van der Waals surface area contributed by atoms with Crippen molar-refractivity contribution in [2.75, 3.05) is 23.8 Å². The maximum absolute atomic E-state index is 12.6. The first-order valence-electron chi connectivity index (χ1n) is 10.7. The first kappa shape index (κ1) is 28.5. The molecule has 0 bridgehead atoms. The lowest BCUT2D eigenvalue weighted by atomic mass is 10.1. The molecule has 0 fully saturated rings. The van der Waals surface area contributed by atoms with Crippen LogP contribution >= 0.6 is 55.1 Å². The predicted octanol–water partition coefficient (Wildman–Crippen LogP) is 7.48. The molecule has 0 saturated carbocycles. The van der Waals surface area contributed by atoms with Gasteiger partial charge in [0.05, 0.1) is 25.6 Å². The van der Waals surface area contributed by atoms with Crippen LogP contribution in [-0.2, 0) is 9.59 Å². The molecule has 3 aromatic rings. The van der Waals surface area contributed by atoms with Gasteiger partial charge in [0.25, 0.3) is 11.8 Å². The Morgan fingerprint density at radius 1 is 0.946 bits per heavy atom. The maximum atomic E-state index is 12.6. The van der Waals surface area contributed by atoms with Crippen molar-refractivity contribution in [1.82, 2.24) is 0 Å². The average molecular weight is 668 g/mol. The van der Waals surface area contributed by atoms with Crippen LogP contribution in [0.5, 0.6) is 11.5 Å². The van der Waals surface area contributed by atoms with Gasteiger partial charge in [-0.25, -0.2) is 0 Å². The van der Waals surface area contributed by atoms with E-state index in [4.69, 9.17) is 32.7 Å². The molecule has 37 heavy (non-hydrogen) atoms. The second-order valence-electron chi connectivity index (χ2n) is 7.36. The number of hydrogen-bond acceptors (Lipinski definition) is 5. The summed E-state index contributed by atoms with van der Waals surface area (Å²) in [5.41, 5.74) is 1.47. The Kier molecular flexibility index (Phi) is 10.4. The SMILES string of the molecule is CCOc1ccc(NC(=O)/C(C#N)=C/c2cc(Br)c(OCC(=O)Nc3ccc(Cl)c(Cl)c3)c(Br)c2)cc1. The summed E-state index contributed by atoms with van der Waals surface area (Å²) in [6, 6.07) is 16.8. The van der Waals surface area contributed by atoms with E-state index in [1.165, 1.54) is 12.1 Å². The molecule has 0 aromatic heterocycles. The van der Waals surface area contributed by atoms with Gasteiger partial charge in [0.15, 0.2) is 6.61 Å². The molecule has 0 aliphatic heterocycles. The molecule has 2 amide bonds. The van der Waals surface area contributed by atoms with Crippen LogP contribution in [0.1, 0.15) is 12.5 Å². The number of carbonyl (C=O) groups excluding carboxylic acids is 2. The number of nitrogens with one attached hydrogen (secondary N) is 2. The normalized spacial score (nSPS) is 10.9. The third kappa shape index (κ3) is 8.23. The van der Waals surface area contributed by atoms with Crippen LogP contribution in [0, 0.1) is 11.3 Å². The van der Waals surface area contributed by atoms with E-state index in [0.717, 1.165) is 0 Å². The van der Waals surface area contributed by atoms with Crippen LogP contribution < -0.4 is 20.1 Å². The van der Waals surface area contributed by atoms with Crippen molar-refractivity contribution in [1.29, 1.82) is 5.26 Å². The molecule has 7 nitrogen and oxygen atoms in total. The summed E-state index contributed by atoms with van der Waals surface area (Å²) in [5, 5.41) is 15.6. The number of amides is 2.